The molecular weight excluding hydrogens is 436 g/mol. The van der Waals surface area contributed by atoms with Crippen molar-refractivity contribution in [2.45, 2.75) is 62.9 Å². The van der Waals surface area contributed by atoms with Gasteiger partial charge in [-0.25, -0.2) is 19.6 Å². The predicted octanol–water partition coefficient (Wildman–Crippen LogP) is 4.15. The molecule has 8 heteroatoms. The topological polar surface area (TPSA) is 73.8 Å². The Morgan fingerprint density at radius 3 is 2.36 bits per heavy atom. The fourth-order valence-electron chi connectivity index (χ4n) is 7.88. The molecule has 6 fully saturated rings. The summed E-state index contributed by atoms with van der Waals surface area (Å²) in [7, 11) is 0. The lowest BCUT2D eigenvalue weighted by atomic mass is 9.52. The molecule has 1 unspecified atom stereocenters. The van der Waals surface area contributed by atoms with Crippen LogP contribution in [-0.4, -0.2) is 56.3 Å². The number of para-hydroxylation sites is 1. The van der Waals surface area contributed by atoms with Gasteiger partial charge in [0.1, 0.15) is 5.01 Å². The van der Waals surface area contributed by atoms with Gasteiger partial charge in [-0.1, -0.05) is 12.1 Å². The highest BCUT2D eigenvalue weighted by Crippen LogP contribution is 2.58. The molecule has 2 aliphatic heterocycles. The van der Waals surface area contributed by atoms with Crippen molar-refractivity contribution in [1.29, 1.82) is 0 Å². The first kappa shape index (κ1) is 20.1. The molecule has 4 aliphatic carbocycles. The van der Waals surface area contributed by atoms with Gasteiger partial charge in [-0.05, 0) is 81.3 Å². The molecule has 0 spiro atoms. The van der Waals surface area contributed by atoms with Crippen LogP contribution in [0.25, 0.3) is 10.2 Å². The van der Waals surface area contributed by atoms with Crippen molar-refractivity contribution in [2.75, 3.05) is 13.2 Å². The predicted molar refractivity (Wildman–Crippen MR) is 123 cm³/mol. The smallest absolute Gasteiger partial charge is 0.276 e. The number of benzene rings is 1. The number of hydrogen-bond acceptors (Lipinski definition) is 6. The third-order valence-corrected chi connectivity index (χ3v) is 9.95. The zero-order chi connectivity index (χ0) is 22.3. The maximum absolute atomic E-state index is 13.6. The highest BCUT2D eigenvalue weighted by Gasteiger charge is 2.61. The normalized spacial score (nSPS) is 36.2. The van der Waals surface area contributed by atoms with Crippen LogP contribution in [0.3, 0.4) is 0 Å². The van der Waals surface area contributed by atoms with E-state index < -0.39 is 17.4 Å². The number of carbonyl (C=O) groups is 3. The third-order valence-electron chi connectivity index (χ3n) is 8.82. The number of rotatable bonds is 4. The molecule has 4 amide bonds. The fourth-order valence-corrected chi connectivity index (χ4v) is 9.01. The fraction of sp³-hybridized carbons (Fsp3) is 0.600. The summed E-state index contributed by atoms with van der Waals surface area (Å²) in [4.78, 5) is 49.4. The minimum absolute atomic E-state index is 0.0756. The van der Waals surface area contributed by atoms with E-state index in [0.717, 1.165) is 53.9 Å². The van der Waals surface area contributed by atoms with E-state index in [0.29, 0.717) is 17.8 Å². The molecule has 2 aromatic rings. The average Bonchev–Trinajstić information content (AvgIpc) is 3.46. The molecule has 0 radical (unpaired) electrons. The van der Waals surface area contributed by atoms with Gasteiger partial charge in [0.05, 0.1) is 28.5 Å². The van der Waals surface area contributed by atoms with Gasteiger partial charge in [0.15, 0.2) is 0 Å². The van der Waals surface area contributed by atoms with Gasteiger partial charge in [-0.2, -0.15) is 0 Å². The Morgan fingerprint density at radius 2 is 1.67 bits per heavy atom. The summed E-state index contributed by atoms with van der Waals surface area (Å²) in [6.45, 7) is 0.968. The highest BCUT2D eigenvalue weighted by molar-refractivity contribution is 7.18. The number of hydrogen-bond donors (Lipinski definition) is 0. The van der Waals surface area contributed by atoms with Gasteiger partial charge in [0.2, 0.25) is 0 Å². The maximum atomic E-state index is 13.6. The van der Waals surface area contributed by atoms with E-state index in [1.165, 1.54) is 29.1 Å². The molecule has 1 atom stereocenters. The van der Waals surface area contributed by atoms with Crippen LogP contribution in [-0.2, 0) is 9.59 Å². The molecule has 172 valence electrons. The monoisotopic (exact) mass is 464 g/mol. The van der Waals surface area contributed by atoms with Crippen molar-refractivity contribution in [1.82, 2.24) is 19.7 Å². The average molecular weight is 465 g/mol. The lowest BCUT2D eigenvalue weighted by molar-refractivity contribution is -0.150. The molecule has 0 N–H and O–H groups in total. The maximum Gasteiger partial charge on any atom is 0.335 e. The Kier molecular flexibility index (Phi) is 4.32. The van der Waals surface area contributed by atoms with Crippen molar-refractivity contribution in [3.05, 3.63) is 29.3 Å². The molecule has 7 nitrogen and oxygen atoms in total. The molecule has 4 bridgehead atoms. The zero-order valence-electron chi connectivity index (χ0n) is 18.6. The standard InChI is InChI=1S/C25H28N4O3S/c30-22-23(31)29(25-11-15-8-16(12-25)10-17(9-15)13-25)24(32)28(22)14-27-7-3-5-19(27)21-26-18-4-1-2-6-20(18)33-21/h1-2,4,6,15-17,19H,3,5,7-14H2. The number of likely N-dealkylation sites (tertiary alicyclic amines) is 1. The lowest BCUT2D eigenvalue weighted by Crippen LogP contribution is -2.62. The van der Waals surface area contributed by atoms with Crippen LogP contribution in [0.5, 0.6) is 0 Å². The minimum atomic E-state index is -0.648. The van der Waals surface area contributed by atoms with E-state index in [1.54, 1.807) is 11.3 Å². The van der Waals surface area contributed by atoms with Crippen LogP contribution in [0.2, 0.25) is 0 Å². The molecule has 3 heterocycles. The van der Waals surface area contributed by atoms with Crippen LogP contribution >= 0.6 is 11.3 Å². The van der Waals surface area contributed by atoms with Gasteiger partial charge in [-0.15, -0.1) is 11.3 Å². The number of fused-ring (bicyclic) bond motifs is 1. The number of imide groups is 2. The van der Waals surface area contributed by atoms with Crippen LogP contribution in [0.1, 0.15) is 62.4 Å². The molecule has 2 saturated heterocycles. The number of carbonyl (C=O) groups excluding carboxylic acids is 3. The first-order valence-electron chi connectivity index (χ1n) is 12.3. The van der Waals surface area contributed by atoms with E-state index in [9.17, 15) is 14.4 Å². The Labute approximate surface area is 196 Å². The van der Waals surface area contributed by atoms with E-state index in [1.807, 2.05) is 18.2 Å². The molecule has 1 aromatic heterocycles. The molecule has 33 heavy (non-hydrogen) atoms. The zero-order valence-corrected chi connectivity index (χ0v) is 19.4. The van der Waals surface area contributed by atoms with Crippen molar-refractivity contribution >= 4 is 39.4 Å². The second-order valence-electron chi connectivity index (χ2n) is 10.9. The molecule has 6 aliphatic rings. The van der Waals surface area contributed by atoms with E-state index in [-0.39, 0.29) is 18.7 Å². The van der Waals surface area contributed by atoms with E-state index >= 15 is 0 Å². The second-order valence-corrected chi connectivity index (χ2v) is 12.0. The van der Waals surface area contributed by atoms with Crippen molar-refractivity contribution < 1.29 is 14.4 Å². The van der Waals surface area contributed by atoms with Crippen molar-refractivity contribution in [3.8, 4) is 0 Å². The summed E-state index contributed by atoms with van der Waals surface area (Å²) in [5, 5.41) is 1.03. The summed E-state index contributed by atoms with van der Waals surface area (Å²) in [6, 6.07) is 7.79. The van der Waals surface area contributed by atoms with E-state index in [2.05, 4.69) is 11.0 Å². The Bertz CT molecular complexity index is 1110. The Morgan fingerprint density at radius 1 is 0.970 bits per heavy atom. The largest absolute Gasteiger partial charge is 0.335 e. The van der Waals surface area contributed by atoms with Gasteiger partial charge in [-0.3, -0.25) is 14.5 Å². The van der Waals surface area contributed by atoms with Gasteiger partial charge >= 0.3 is 17.8 Å². The van der Waals surface area contributed by atoms with Crippen LogP contribution in [0, 0.1) is 17.8 Å². The number of urea groups is 1. The molecular formula is C25H28N4O3S. The summed E-state index contributed by atoms with van der Waals surface area (Å²) in [6.07, 6.45) is 8.27. The first-order valence-corrected chi connectivity index (χ1v) is 13.1. The number of thiazole rings is 1. The quantitative estimate of drug-likeness (QED) is 0.502. The summed E-state index contributed by atoms with van der Waals surface area (Å²) in [5.41, 5.74) is 0.561. The van der Waals surface area contributed by atoms with Crippen LogP contribution < -0.4 is 0 Å². The second kappa shape index (κ2) is 7.09. The highest BCUT2D eigenvalue weighted by atomic mass is 32.1. The summed E-state index contributed by atoms with van der Waals surface area (Å²) < 4.78 is 1.15. The molecule has 1 aromatic carbocycles. The summed E-state index contributed by atoms with van der Waals surface area (Å²) >= 11 is 1.68. The Hall–Kier alpha value is -2.32. The Balaban J connectivity index is 1.15. The third kappa shape index (κ3) is 2.96. The van der Waals surface area contributed by atoms with Crippen LogP contribution in [0.4, 0.5) is 4.79 Å². The lowest BCUT2D eigenvalue weighted by Gasteiger charge is -2.58. The van der Waals surface area contributed by atoms with Gasteiger partial charge in [0.25, 0.3) is 0 Å². The number of amides is 4. The van der Waals surface area contributed by atoms with Gasteiger partial charge < -0.3 is 0 Å². The van der Waals surface area contributed by atoms with Crippen molar-refractivity contribution in [2.24, 2.45) is 17.8 Å². The SMILES string of the molecule is O=C1C(=O)N(C23CC4CC(CC(C4)C2)C3)C(=O)N1CN1CCCC1c1nc2ccccc2s1. The van der Waals surface area contributed by atoms with Gasteiger partial charge in [0, 0.05) is 6.54 Å². The summed E-state index contributed by atoms with van der Waals surface area (Å²) in [5.74, 6) is 0.553. The number of nitrogens with zero attached hydrogens (tertiary/aromatic N) is 4. The molecule has 8 rings (SSSR count). The minimum Gasteiger partial charge on any atom is -0.276 e. The molecule has 4 saturated carbocycles. The number of aromatic nitrogens is 1. The first-order chi connectivity index (χ1) is 16.0. The van der Waals surface area contributed by atoms with Crippen molar-refractivity contribution in [3.63, 3.8) is 0 Å². The van der Waals surface area contributed by atoms with Crippen LogP contribution in [0.15, 0.2) is 24.3 Å². The van der Waals surface area contributed by atoms with E-state index in [4.69, 9.17) is 4.98 Å².